The summed E-state index contributed by atoms with van der Waals surface area (Å²) < 4.78 is 6.52. The Hall–Kier alpha value is -3.44. The quantitative estimate of drug-likeness (QED) is 0.328. The number of aromatic nitrogens is 1. The summed E-state index contributed by atoms with van der Waals surface area (Å²) in [5.41, 5.74) is 3.05. The van der Waals surface area contributed by atoms with E-state index in [9.17, 15) is 19.5 Å². The minimum atomic E-state index is -0.964. The van der Waals surface area contributed by atoms with E-state index in [0.717, 1.165) is 36.8 Å². The van der Waals surface area contributed by atoms with Gasteiger partial charge in [0.2, 0.25) is 5.91 Å². The molecule has 0 spiro atoms. The standard InChI is InChI=1S/C28H34N4O5S2/c1-7-17-8-9-20-19(14-17)29-24(38-20)23-18-10-12-31(26(34)35)15-21(18)39-25(23)30-22(33)11-13-32(16(2)3)27(36)37-28(4,5)6/h7-9,14,16H,1,10-13,15H2,2-6H3,(H,30,33)(H,34,35). The van der Waals surface area contributed by atoms with Gasteiger partial charge >= 0.3 is 12.2 Å². The van der Waals surface area contributed by atoms with E-state index in [2.05, 4.69) is 11.9 Å². The van der Waals surface area contributed by atoms with Crippen molar-refractivity contribution in [1.82, 2.24) is 14.8 Å². The van der Waals surface area contributed by atoms with E-state index in [0.29, 0.717) is 18.0 Å². The highest BCUT2D eigenvalue weighted by Crippen LogP contribution is 2.45. The summed E-state index contributed by atoms with van der Waals surface area (Å²) in [5.74, 6) is -0.241. The zero-order valence-electron chi connectivity index (χ0n) is 22.9. The molecule has 1 aromatic carbocycles. The SMILES string of the molecule is C=Cc1ccc2sc(-c3c(NC(=O)CCN(C(=O)OC(C)(C)C)C(C)C)sc4c3CCN(C(=O)O)C4)nc2c1. The first kappa shape index (κ1) is 28.6. The third kappa shape index (κ3) is 6.59. The second-order valence-electron chi connectivity index (χ2n) is 10.7. The molecule has 0 radical (unpaired) electrons. The molecular formula is C28H34N4O5S2. The summed E-state index contributed by atoms with van der Waals surface area (Å²) in [7, 11) is 0. The van der Waals surface area contributed by atoms with E-state index < -0.39 is 17.8 Å². The van der Waals surface area contributed by atoms with Gasteiger partial charge in [0.05, 0.1) is 16.8 Å². The topological polar surface area (TPSA) is 112 Å². The van der Waals surface area contributed by atoms with Crippen LogP contribution in [-0.4, -0.2) is 62.7 Å². The number of hydrogen-bond donors (Lipinski definition) is 2. The Labute approximate surface area is 236 Å². The predicted molar refractivity (Wildman–Crippen MR) is 156 cm³/mol. The van der Waals surface area contributed by atoms with Crippen LogP contribution in [0.5, 0.6) is 0 Å². The lowest BCUT2D eigenvalue weighted by Crippen LogP contribution is -2.42. The molecule has 2 aromatic heterocycles. The molecule has 208 valence electrons. The molecule has 39 heavy (non-hydrogen) atoms. The molecule has 0 aliphatic carbocycles. The Morgan fingerprint density at radius 2 is 2.03 bits per heavy atom. The third-order valence-corrected chi connectivity index (χ3v) is 8.46. The number of carbonyl (C=O) groups excluding carboxylic acids is 2. The second-order valence-corrected chi connectivity index (χ2v) is 12.8. The van der Waals surface area contributed by atoms with Gasteiger partial charge in [0.25, 0.3) is 0 Å². The van der Waals surface area contributed by atoms with E-state index in [4.69, 9.17) is 9.72 Å². The highest BCUT2D eigenvalue weighted by atomic mass is 32.1. The summed E-state index contributed by atoms with van der Waals surface area (Å²) in [4.78, 5) is 46.1. The summed E-state index contributed by atoms with van der Waals surface area (Å²) in [6, 6.07) is 5.83. The van der Waals surface area contributed by atoms with Crippen LogP contribution in [-0.2, 0) is 22.5 Å². The highest BCUT2D eigenvalue weighted by Gasteiger charge is 2.30. The lowest BCUT2D eigenvalue weighted by Gasteiger charge is -2.29. The van der Waals surface area contributed by atoms with Gasteiger partial charge in [-0.1, -0.05) is 18.7 Å². The van der Waals surface area contributed by atoms with E-state index >= 15 is 0 Å². The molecule has 1 aliphatic rings. The van der Waals surface area contributed by atoms with Crippen LogP contribution < -0.4 is 5.32 Å². The smallest absolute Gasteiger partial charge is 0.410 e. The van der Waals surface area contributed by atoms with Crippen molar-refractivity contribution in [2.45, 2.75) is 65.6 Å². The zero-order valence-corrected chi connectivity index (χ0v) is 24.5. The zero-order chi connectivity index (χ0) is 28.5. The molecule has 0 saturated heterocycles. The molecule has 3 heterocycles. The molecule has 3 amide bonds. The van der Waals surface area contributed by atoms with Crippen LogP contribution in [0.2, 0.25) is 0 Å². The Morgan fingerprint density at radius 3 is 2.67 bits per heavy atom. The van der Waals surface area contributed by atoms with Crippen molar-refractivity contribution in [2.75, 3.05) is 18.4 Å². The molecule has 0 unspecified atom stereocenters. The van der Waals surface area contributed by atoms with Gasteiger partial charge in [0.1, 0.15) is 15.6 Å². The van der Waals surface area contributed by atoms with Crippen molar-refractivity contribution >= 4 is 62.1 Å². The number of benzene rings is 1. The van der Waals surface area contributed by atoms with Gasteiger partial charge in [-0.2, -0.15) is 0 Å². The lowest BCUT2D eigenvalue weighted by atomic mass is 10.0. The Morgan fingerprint density at radius 1 is 1.28 bits per heavy atom. The minimum absolute atomic E-state index is 0.0865. The van der Waals surface area contributed by atoms with Gasteiger partial charge in [0, 0.05) is 36.0 Å². The predicted octanol–water partition coefficient (Wildman–Crippen LogP) is 6.68. The molecular weight excluding hydrogens is 536 g/mol. The van der Waals surface area contributed by atoms with Crippen molar-refractivity contribution in [2.24, 2.45) is 0 Å². The molecule has 0 saturated carbocycles. The number of carboxylic acid groups (broad SMARTS) is 1. The average molecular weight is 571 g/mol. The lowest BCUT2D eigenvalue weighted by molar-refractivity contribution is -0.116. The maximum absolute atomic E-state index is 13.2. The number of rotatable bonds is 7. The van der Waals surface area contributed by atoms with Crippen molar-refractivity contribution < 1.29 is 24.2 Å². The largest absolute Gasteiger partial charge is 0.465 e. The number of nitrogens with zero attached hydrogens (tertiary/aromatic N) is 3. The maximum atomic E-state index is 13.2. The number of anilines is 1. The van der Waals surface area contributed by atoms with Gasteiger partial charge in [-0.15, -0.1) is 22.7 Å². The van der Waals surface area contributed by atoms with Crippen molar-refractivity contribution in [3.63, 3.8) is 0 Å². The molecule has 0 atom stereocenters. The van der Waals surface area contributed by atoms with Gasteiger partial charge in [-0.05, 0) is 64.3 Å². The normalized spacial score (nSPS) is 13.3. The molecule has 0 fully saturated rings. The number of ether oxygens (including phenoxy) is 1. The van der Waals surface area contributed by atoms with Crippen molar-refractivity contribution in [3.8, 4) is 10.6 Å². The molecule has 4 rings (SSSR count). The summed E-state index contributed by atoms with van der Waals surface area (Å²) in [5, 5.41) is 14.0. The molecule has 1 aliphatic heterocycles. The van der Waals surface area contributed by atoms with E-state index in [1.807, 2.05) is 52.8 Å². The van der Waals surface area contributed by atoms with Crippen LogP contribution in [0.4, 0.5) is 14.6 Å². The third-order valence-electron chi connectivity index (χ3n) is 6.27. The van der Waals surface area contributed by atoms with E-state index in [1.165, 1.54) is 27.6 Å². The molecule has 2 N–H and O–H groups in total. The van der Waals surface area contributed by atoms with E-state index in [-0.39, 0.29) is 31.5 Å². The second kappa shape index (κ2) is 11.4. The van der Waals surface area contributed by atoms with Crippen molar-refractivity contribution in [3.05, 3.63) is 40.8 Å². The van der Waals surface area contributed by atoms with Crippen LogP contribution in [0.1, 0.15) is 57.0 Å². The Bertz CT molecular complexity index is 1420. The average Bonchev–Trinajstić information content (AvgIpc) is 3.41. The van der Waals surface area contributed by atoms with Gasteiger partial charge in [-0.25, -0.2) is 14.6 Å². The van der Waals surface area contributed by atoms with Gasteiger partial charge in [0.15, 0.2) is 0 Å². The van der Waals surface area contributed by atoms with Crippen molar-refractivity contribution in [1.29, 1.82) is 0 Å². The first-order valence-corrected chi connectivity index (χ1v) is 14.4. The molecule has 3 aromatic rings. The number of amides is 3. The number of thiazole rings is 1. The summed E-state index contributed by atoms with van der Waals surface area (Å²) in [6.45, 7) is 13.9. The fourth-order valence-corrected chi connectivity index (χ4v) is 6.72. The van der Waals surface area contributed by atoms with Crippen LogP contribution in [0, 0.1) is 0 Å². The van der Waals surface area contributed by atoms with Crippen LogP contribution in [0.3, 0.4) is 0 Å². The molecule has 9 nitrogen and oxygen atoms in total. The fourth-order valence-electron chi connectivity index (χ4n) is 4.35. The van der Waals surface area contributed by atoms with E-state index in [1.54, 1.807) is 11.0 Å². The summed E-state index contributed by atoms with van der Waals surface area (Å²) in [6.07, 6.45) is 0.975. The number of fused-ring (bicyclic) bond motifs is 2. The summed E-state index contributed by atoms with van der Waals surface area (Å²) >= 11 is 2.92. The van der Waals surface area contributed by atoms with Crippen LogP contribution >= 0.6 is 22.7 Å². The first-order chi connectivity index (χ1) is 18.4. The number of thiophene rings is 1. The Kier molecular flexibility index (Phi) is 8.31. The monoisotopic (exact) mass is 570 g/mol. The van der Waals surface area contributed by atoms with Crippen LogP contribution in [0.15, 0.2) is 24.8 Å². The van der Waals surface area contributed by atoms with Gasteiger partial charge < -0.3 is 25.0 Å². The van der Waals surface area contributed by atoms with Crippen LogP contribution in [0.25, 0.3) is 26.9 Å². The molecule has 0 bridgehead atoms. The number of carbonyl (C=O) groups is 3. The van der Waals surface area contributed by atoms with Gasteiger partial charge in [-0.3, -0.25) is 4.79 Å². The number of hydrogen-bond acceptors (Lipinski definition) is 7. The Balaban J connectivity index is 1.61. The molecule has 11 heteroatoms. The highest BCUT2D eigenvalue weighted by molar-refractivity contribution is 7.23. The number of nitrogens with one attached hydrogen (secondary N) is 1. The minimum Gasteiger partial charge on any atom is -0.465 e. The maximum Gasteiger partial charge on any atom is 0.410 e. The fraction of sp³-hybridized carbons (Fsp3) is 0.429. The first-order valence-electron chi connectivity index (χ1n) is 12.8.